The predicted molar refractivity (Wildman–Crippen MR) is 139 cm³/mol. The fourth-order valence-corrected chi connectivity index (χ4v) is 4.92. The smallest absolute Gasteiger partial charge is 0.338 e. The van der Waals surface area contributed by atoms with Crippen molar-refractivity contribution in [3.05, 3.63) is 76.7 Å². The minimum atomic E-state index is -0.848. The molecule has 2 atom stereocenters. The monoisotopic (exact) mass is 524 g/mol. The predicted octanol–water partition coefficient (Wildman–Crippen LogP) is 3.19. The number of rotatable bonds is 7. The fraction of sp³-hybridized carbons (Fsp3) is 0.393. The van der Waals surface area contributed by atoms with Crippen molar-refractivity contribution in [2.45, 2.75) is 25.9 Å². The molecular weight excluding hydrogens is 491 g/mol. The molecule has 9 nitrogen and oxygen atoms in total. The zero-order valence-electron chi connectivity index (χ0n) is 22.1. The van der Waals surface area contributed by atoms with E-state index in [1.54, 1.807) is 57.5 Å². The summed E-state index contributed by atoms with van der Waals surface area (Å²) in [7, 11) is 3.17. The van der Waals surface area contributed by atoms with Crippen molar-refractivity contribution < 1.29 is 28.2 Å². The maximum Gasteiger partial charge on any atom is 0.338 e. The van der Waals surface area contributed by atoms with Crippen molar-refractivity contribution in [2.24, 2.45) is 0 Å². The summed E-state index contributed by atoms with van der Waals surface area (Å²) in [6.07, 6.45) is 0. The van der Waals surface area contributed by atoms with E-state index in [1.165, 1.54) is 17.0 Å². The Morgan fingerprint density at radius 1 is 1.13 bits per heavy atom. The third-order valence-corrected chi connectivity index (χ3v) is 6.94. The minimum absolute atomic E-state index is 0.0634. The number of hydrogen-bond acceptors (Lipinski definition) is 6. The highest BCUT2D eigenvalue weighted by molar-refractivity contribution is 5.95. The fourth-order valence-electron chi connectivity index (χ4n) is 4.92. The normalized spacial score (nSPS) is 20.3. The first-order chi connectivity index (χ1) is 18.2. The summed E-state index contributed by atoms with van der Waals surface area (Å²) in [6, 6.07) is 11.5. The molecule has 10 heteroatoms. The summed E-state index contributed by atoms with van der Waals surface area (Å²) >= 11 is 0. The van der Waals surface area contributed by atoms with Crippen LogP contribution in [-0.4, -0.2) is 85.6 Å². The number of hydrogen-bond donors (Lipinski definition) is 1. The molecule has 202 valence electrons. The summed E-state index contributed by atoms with van der Waals surface area (Å²) in [5.74, 6) is -0.411. The average molecular weight is 525 g/mol. The summed E-state index contributed by atoms with van der Waals surface area (Å²) < 4.78 is 24.6. The van der Waals surface area contributed by atoms with Crippen LogP contribution in [-0.2, 0) is 9.53 Å². The largest absolute Gasteiger partial charge is 0.497 e. The van der Waals surface area contributed by atoms with E-state index in [0.29, 0.717) is 48.8 Å². The lowest BCUT2D eigenvalue weighted by molar-refractivity contribution is -0.139. The molecule has 1 N–H and O–H groups in total. The SMILES string of the molecule is CCOC(=O)C1=C(CN2CCN(C(=O)c3ccc(OC)cc3)[C@@H](C)C2)N(C)C(=O)N[C@@H]1c1cccc(F)c1. The lowest BCUT2D eigenvalue weighted by Crippen LogP contribution is -2.56. The van der Waals surface area contributed by atoms with Gasteiger partial charge in [-0.25, -0.2) is 14.0 Å². The number of amides is 3. The molecule has 0 spiro atoms. The Kier molecular flexibility index (Phi) is 8.31. The number of carbonyl (C=O) groups is 3. The van der Waals surface area contributed by atoms with Crippen LogP contribution in [0.5, 0.6) is 5.75 Å². The summed E-state index contributed by atoms with van der Waals surface area (Å²) in [4.78, 5) is 44.5. The Balaban J connectivity index is 1.58. The van der Waals surface area contributed by atoms with Gasteiger partial charge < -0.3 is 19.7 Å². The third kappa shape index (κ3) is 5.65. The topological polar surface area (TPSA) is 91.4 Å². The summed E-state index contributed by atoms with van der Waals surface area (Å²) in [5.41, 5.74) is 1.79. The van der Waals surface area contributed by atoms with Gasteiger partial charge in [-0.15, -0.1) is 0 Å². The maximum atomic E-state index is 14.0. The van der Waals surface area contributed by atoms with Gasteiger partial charge in [0.05, 0.1) is 25.3 Å². The van der Waals surface area contributed by atoms with Gasteiger partial charge in [-0.2, -0.15) is 0 Å². The molecule has 2 aliphatic rings. The van der Waals surface area contributed by atoms with E-state index in [4.69, 9.17) is 9.47 Å². The molecule has 0 bridgehead atoms. The van der Waals surface area contributed by atoms with Gasteiger partial charge in [0.25, 0.3) is 5.91 Å². The van der Waals surface area contributed by atoms with Crippen LogP contribution in [0.2, 0.25) is 0 Å². The van der Waals surface area contributed by atoms with E-state index >= 15 is 0 Å². The molecule has 2 heterocycles. The molecule has 2 aliphatic heterocycles. The summed E-state index contributed by atoms with van der Waals surface area (Å²) in [6.45, 7) is 5.71. The van der Waals surface area contributed by atoms with Gasteiger partial charge in [0.15, 0.2) is 0 Å². The van der Waals surface area contributed by atoms with Crippen LogP contribution in [0.4, 0.5) is 9.18 Å². The zero-order chi connectivity index (χ0) is 27.4. The number of methoxy groups -OCH3 is 1. The number of piperazine rings is 1. The van der Waals surface area contributed by atoms with Gasteiger partial charge in [0.1, 0.15) is 11.6 Å². The lowest BCUT2D eigenvalue weighted by atomic mass is 9.94. The summed E-state index contributed by atoms with van der Waals surface area (Å²) in [5, 5.41) is 2.80. The third-order valence-electron chi connectivity index (χ3n) is 6.94. The second kappa shape index (κ2) is 11.6. The molecule has 2 aromatic rings. The first kappa shape index (κ1) is 27.1. The zero-order valence-corrected chi connectivity index (χ0v) is 22.1. The van der Waals surface area contributed by atoms with Crippen LogP contribution in [0.3, 0.4) is 0 Å². The van der Waals surface area contributed by atoms with Crippen molar-refractivity contribution in [3.8, 4) is 5.75 Å². The second-order valence-corrected chi connectivity index (χ2v) is 9.39. The molecule has 38 heavy (non-hydrogen) atoms. The van der Waals surface area contributed by atoms with E-state index in [2.05, 4.69) is 10.2 Å². The van der Waals surface area contributed by atoms with Gasteiger partial charge in [-0.3, -0.25) is 14.6 Å². The van der Waals surface area contributed by atoms with Crippen molar-refractivity contribution >= 4 is 17.9 Å². The van der Waals surface area contributed by atoms with Crippen LogP contribution in [0.1, 0.15) is 35.8 Å². The number of carbonyl (C=O) groups excluding carboxylic acids is 3. The molecule has 0 aromatic heterocycles. The van der Waals surface area contributed by atoms with E-state index in [1.807, 2.05) is 11.8 Å². The van der Waals surface area contributed by atoms with E-state index < -0.39 is 23.9 Å². The Labute approximate surface area is 221 Å². The van der Waals surface area contributed by atoms with Gasteiger partial charge in [-0.1, -0.05) is 12.1 Å². The molecule has 3 amide bonds. The lowest BCUT2D eigenvalue weighted by Gasteiger charge is -2.42. The standard InChI is InChI=1S/C28H33FN4O5/c1-5-38-27(35)24-23(31(3)28(36)30-25(24)20-7-6-8-21(29)15-20)17-32-13-14-33(18(2)16-32)26(34)19-9-11-22(37-4)12-10-19/h6-12,15,18,25H,5,13-14,16-17H2,1-4H3,(H,30,36)/t18-,25+/m0/s1. The Morgan fingerprint density at radius 3 is 2.50 bits per heavy atom. The van der Waals surface area contributed by atoms with Crippen molar-refractivity contribution in [1.29, 1.82) is 0 Å². The first-order valence-electron chi connectivity index (χ1n) is 12.6. The number of halogens is 1. The van der Waals surface area contributed by atoms with Gasteiger partial charge in [0.2, 0.25) is 0 Å². The van der Waals surface area contributed by atoms with E-state index in [9.17, 15) is 18.8 Å². The van der Waals surface area contributed by atoms with E-state index in [-0.39, 0.29) is 24.1 Å². The highest BCUT2D eigenvalue weighted by atomic mass is 19.1. The number of nitrogens with one attached hydrogen (secondary N) is 1. The number of esters is 1. The van der Waals surface area contributed by atoms with Crippen LogP contribution in [0.25, 0.3) is 0 Å². The number of urea groups is 1. The molecular formula is C28H33FN4O5. The number of nitrogens with zero attached hydrogens (tertiary/aromatic N) is 3. The molecule has 1 saturated heterocycles. The van der Waals surface area contributed by atoms with Crippen molar-refractivity contribution in [3.63, 3.8) is 0 Å². The van der Waals surface area contributed by atoms with Gasteiger partial charge >= 0.3 is 12.0 Å². The van der Waals surface area contributed by atoms with Gasteiger partial charge in [-0.05, 0) is 55.8 Å². The maximum absolute atomic E-state index is 14.0. The highest BCUT2D eigenvalue weighted by Crippen LogP contribution is 2.32. The van der Waals surface area contributed by atoms with E-state index in [0.717, 1.165) is 0 Å². The quantitative estimate of drug-likeness (QED) is 0.560. The molecule has 4 rings (SSSR count). The number of ether oxygens (including phenoxy) is 2. The Hall–Kier alpha value is -3.92. The van der Waals surface area contributed by atoms with Crippen molar-refractivity contribution in [2.75, 3.05) is 46.9 Å². The molecule has 1 fully saturated rings. The number of likely N-dealkylation sites (N-methyl/N-ethyl adjacent to an activating group) is 1. The Morgan fingerprint density at radius 2 is 1.87 bits per heavy atom. The number of benzene rings is 2. The molecule has 0 saturated carbocycles. The Bertz CT molecular complexity index is 1230. The van der Waals surface area contributed by atoms with Crippen LogP contribution < -0.4 is 10.1 Å². The minimum Gasteiger partial charge on any atom is -0.497 e. The highest BCUT2D eigenvalue weighted by Gasteiger charge is 2.38. The van der Waals surface area contributed by atoms with Crippen LogP contribution in [0.15, 0.2) is 59.8 Å². The van der Waals surface area contributed by atoms with Crippen LogP contribution in [0, 0.1) is 5.82 Å². The average Bonchev–Trinajstić information content (AvgIpc) is 2.91. The second-order valence-electron chi connectivity index (χ2n) is 9.39. The molecule has 0 aliphatic carbocycles. The first-order valence-corrected chi connectivity index (χ1v) is 12.6. The van der Waals surface area contributed by atoms with Gasteiger partial charge in [0, 0.05) is 50.5 Å². The van der Waals surface area contributed by atoms with Crippen LogP contribution >= 0.6 is 0 Å². The van der Waals surface area contributed by atoms with Crippen molar-refractivity contribution in [1.82, 2.24) is 20.0 Å². The molecule has 0 unspecified atom stereocenters. The molecule has 2 aromatic carbocycles. The molecule has 0 radical (unpaired) electrons.